The van der Waals surface area contributed by atoms with Crippen LogP contribution in [-0.2, 0) is 19.1 Å². The molecule has 25 heavy (non-hydrogen) atoms. The summed E-state index contributed by atoms with van der Waals surface area (Å²) in [5.41, 5.74) is -1.49. The number of hydrogen-bond donors (Lipinski definition) is 1. The number of esters is 1. The van der Waals surface area contributed by atoms with E-state index in [4.69, 9.17) is 14.3 Å². The number of unbranched alkanes of at least 4 members (excludes halogenated alkanes) is 1. The summed E-state index contributed by atoms with van der Waals surface area (Å²) < 4.78 is 10.7. The molecular formula is C19H37NO5. The van der Waals surface area contributed by atoms with E-state index >= 15 is 0 Å². The molecule has 0 bridgehead atoms. The smallest absolute Gasteiger partial charge is 0.306 e. The van der Waals surface area contributed by atoms with Crippen molar-refractivity contribution < 1.29 is 24.2 Å². The SMILES string of the molecule is COCCCCC(=O)OC1CC(C)(C)N(OCC(C)(C)O)C(C)(C)C1. The van der Waals surface area contributed by atoms with Gasteiger partial charge in [-0.3, -0.25) is 9.63 Å². The van der Waals surface area contributed by atoms with Crippen LogP contribution in [0.15, 0.2) is 0 Å². The zero-order valence-electron chi connectivity index (χ0n) is 17.1. The topological polar surface area (TPSA) is 68.2 Å². The number of hydrogen-bond acceptors (Lipinski definition) is 6. The minimum atomic E-state index is -0.891. The number of hydroxylamine groups is 2. The number of carbonyl (C=O) groups excluding carboxylic acids is 1. The third-order valence-corrected chi connectivity index (χ3v) is 4.38. The molecule has 0 saturated carbocycles. The Balaban J connectivity index is 2.62. The van der Waals surface area contributed by atoms with Gasteiger partial charge in [-0.25, -0.2) is 0 Å². The summed E-state index contributed by atoms with van der Waals surface area (Å²) in [6, 6.07) is 0. The van der Waals surface area contributed by atoms with E-state index in [0.717, 1.165) is 12.8 Å². The van der Waals surface area contributed by atoms with Crippen LogP contribution in [-0.4, -0.2) is 59.2 Å². The highest BCUT2D eigenvalue weighted by molar-refractivity contribution is 5.69. The lowest BCUT2D eigenvalue weighted by molar-refractivity contribution is -0.306. The molecule has 0 atom stereocenters. The van der Waals surface area contributed by atoms with Crippen molar-refractivity contribution in [1.82, 2.24) is 5.06 Å². The van der Waals surface area contributed by atoms with Gasteiger partial charge in [0, 0.05) is 44.1 Å². The number of aliphatic hydroxyl groups is 1. The van der Waals surface area contributed by atoms with Gasteiger partial charge in [-0.2, -0.15) is 5.06 Å². The van der Waals surface area contributed by atoms with Crippen LogP contribution in [0.4, 0.5) is 0 Å². The molecule has 0 unspecified atom stereocenters. The highest BCUT2D eigenvalue weighted by atomic mass is 16.7. The van der Waals surface area contributed by atoms with Gasteiger partial charge in [0.1, 0.15) is 6.10 Å². The van der Waals surface area contributed by atoms with Crippen LogP contribution in [0.5, 0.6) is 0 Å². The fourth-order valence-corrected chi connectivity index (χ4v) is 3.59. The maximum absolute atomic E-state index is 12.1. The molecule has 6 heteroatoms. The van der Waals surface area contributed by atoms with Gasteiger partial charge in [0.05, 0.1) is 12.2 Å². The lowest BCUT2D eigenvalue weighted by Crippen LogP contribution is -2.62. The Hall–Kier alpha value is -0.690. The molecule has 1 saturated heterocycles. The normalized spacial score (nSPS) is 21.3. The lowest BCUT2D eigenvalue weighted by Gasteiger charge is -2.53. The van der Waals surface area contributed by atoms with Crippen molar-refractivity contribution in [3.63, 3.8) is 0 Å². The largest absolute Gasteiger partial charge is 0.462 e. The summed E-state index contributed by atoms with van der Waals surface area (Å²) in [6.45, 7) is 12.7. The molecule has 1 rings (SSSR count). The van der Waals surface area contributed by atoms with Gasteiger partial charge in [0.2, 0.25) is 0 Å². The second-order valence-corrected chi connectivity index (χ2v) is 8.98. The maximum Gasteiger partial charge on any atom is 0.306 e. The molecule has 0 amide bonds. The number of ether oxygens (including phenoxy) is 2. The summed E-state index contributed by atoms with van der Waals surface area (Å²) in [5, 5.41) is 11.9. The van der Waals surface area contributed by atoms with E-state index in [1.165, 1.54) is 0 Å². The van der Waals surface area contributed by atoms with Crippen molar-refractivity contribution in [3.8, 4) is 0 Å². The predicted octanol–water partition coefficient (Wildman–Crippen LogP) is 3.07. The van der Waals surface area contributed by atoms with Crippen LogP contribution in [0, 0.1) is 0 Å². The highest BCUT2D eigenvalue weighted by Gasteiger charge is 2.48. The van der Waals surface area contributed by atoms with Crippen molar-refractivity contribution >= 4 is 5.97 Å². The first-order valence-corrected chi connectivity index (χ1v) is 9.21. The van der Waals surface area contributed by atoms with Crippen molar-refractivity contribution in [1.29, 1.82) is 0 Å². The Bertz CT molecular complexity index is 410. The van der Waals surface area contributed by atoms with E-state index in [2.05, 4.69) is 27.7 Å². The van der Waals surface area contributed by atoms with Crippen LogP contribution in [0.25, 0.3) is 0 Å². The molecule has 1 aliphatic rings. The van der Waals surface area contributed by atoms with Crippen molar-refractivity contribution in [2.45, 2.75) is 96.4 Å². The van der Waals surface area contributed by atoms with E-state index in [1.807, 2.05) is 5.06 Å². The number of carbonyl (C=O) groups is 1. The Labute approximate surface area is 152 Å². The monoisotopic (exact) mass is 359 g/mol. The molecule has 1 aliphatic heterocycles. The lowest BCUT2D eigenvalue weighted by atomic mass is 9.80. The molecule has 1 heterocycles. The molecule has 6 nitrogen and oxygen atoms in total. The van der Waals surface area contributed by atoms with E-state index in [0.29, 0.717) is 25.9 Å². The Morgan fingerprint density at radius 3 is 2.20 bits per heavy atom. The summed E-state index contributed by atoms with van der Waals surface area (Å²) in [5.74, 6) is -0.140. The van der Waals surface area contributed by atoms with Crippen LogP contribution in [0.1, 0.15) is 73.6 Å². The molecule has 1 N–H and O–H groups in total. The van der Waals surface area contributed by atoms with E-state index < -0.39 is 5.60 Å². The zero-order valence-corrected chi connectivity index (χ0v) is 17.1. The summed E-state index contributed by atoms with van der Waals surface area (Å²) in [7, 11) is 1.66. The van der Waals surface area contributed by atoms with E-state index in [-0.39, 0.29) is 29.8 Å². The highest BCUT2D eigenvalue weighted by Crippen LogP contribution is 2.40. The summed E-state index contributed by atoms with van der Waals surface area (Å²) >= 11 is 0. The van der Waals surface area contributed by atoms with Crippen LogP contribution in [0.3, 0.4) is 0 Å². The van der Waals surface area contributed by atoms with Gasteiger partial charge in [-0.05, 0) is 54.4 Å². The van der Waals surface area contributed by atoms with Gasteiger partial charge in [0.25, 0.3) is 0 Å². The first-order chi connectivity index (χ1) is 11.4. The average Bonchev–Trinajstić information content (AvgIpc) is 2.39. The van der Waals surface area contributed by atoms with Crippen LogP contribution < -0.4 is 0 Å². The first kappa shape index (κ1) is 22.4. The second-order valence-electron chi connectivity index (χ2n) is 8.98. The van der Waals surface area contributed by atoms with Gasteiger partial charge < -0.3 is 14.6 Å². The van der Waals surface area contributed by atoms with Crippen LogP contribution >= 0.6 is 0 Å². The standard InChI is InChI=1S/C19H37NO5/c1-17(2)12-15(25-16(21)10-8-9-11-23-7)13-18(3,4)20(17)24-14-19(5,6)22/h15,22H,8-14H2,1-7H3. The van der Waals surface area contributed by atoms with Crippen molar-refractivity contribution in [2.75, 3.05) is 20.3 Å². The van der Waals surface area contributed by atoms with E-state index in [1.54, 1.807) is 21.0 Å². The third kappa shape index (κ3) is 7.60. The molecule has 1 fully saturated rings. The molecule has 0 aliphatic carbocycles. The summed E-state index contributed by atoms with van der Waals surface area (Å²) in [6.07, 6.45) is 3.36. The number of methoxy groups -OCH3 is 1. The average molecular weight is 360 g/mol. The maximum atomic E-state index is 12.1. The summed E-state index contributed by atoms with van der Waals surface area (Å²) in [4.78, 5) is 18.0. The number of nitrogens with zero attached hydrogens (tertiary/aromatic N) is 1. The quantitative estimate of drug-likeness (QED) is 0.504. The number of piperidine rings is 1. The number of rotatable bonds is 9. The van der Waals surface area contributed by atoms with Gasteiger partial charge in [0.15, 0.2) is 0 Å². The Morgan fingerprint density at radius 1 is 1.16 bits per heavy atom. The molecular weight excluding hydrogens is 322 g/mol. The third-order valence-electron chi connectivity index (χ3n) is 4.38. The molecule has 0 radical (unpaired) electrons. The van der Waals surface area contributed by atoms with Crippen LogP contribution in [0.2, 0.25) is 0 Å². The predicted molar refractivity (Wildman–Crippen MR) is 97.1 cm³/mol. The van der Waals surface area contributed by atoms with Gasteiger partial charge in [-0.15, -0.1) is 0 Å². The minimum Gasteiger partial charge on any atom is -0.462 e. The minimum absolute atomic E-state index is 0.123. The molecule has 0 aromatic heterocycles. The van der Waals surface area contributed by atoms with Gasteiger partial charge in [-0.1, -0.05) is 0 Å². The fraction of sp³-hybridized carbons (Fsp3) is 0.947. The van der Waals surface area contributed by atoms with Crippen molar-refractivity contribution in [3.05, 3.63) is 0 Å². The Morgan fingerprint density at radius 2 is 1.72 bits per heavy atom. The molecule has 0 spiro atoms. The van der Waals surface area contributed by atoms with Crippen molar-refractivity contribution in [2.24, 2.45) is 0 Å². The first-order valence-electron chi connectivity index (χ1n) is 9.21. The zero-order chi connectivity index (χ0) is 19.3. The Kier molecular flexibility index (Phi) is 7.87. The molecule has 148 valence electrons. The molecule has 0 aromatic rings. The second kappa shape index (κ2) is 8.80. The fourth-order valence-electron chi connectivity index (χ4n) is 3.59. The molecule has 0 aromatic carbocycles. The van der Waals surface area contributed by atoms with Gasteiger partial charge >= 0.3 is 5.97 Å². The van der Waals surface area contributed by atoms with E-state index in [9.17, 15) is 9.90 Å².